The van der Waals surface area contributed by atoms with Gasteiger partial charge in [-0.1, -0.05) is 17.7 Å². The van der Waals surface area contributed by atoms with Crippen molar-refractivity contribution in [1.29, 1.82) is 0 Å². The van der Waals surface area contributed by atoms with E-state index in [-0.39, 0.29) is 41.0 Å². The molecule has 0 radical (unpaired) electrons. The average Bonchev–Trinajstić information content (AvgIpc) is 2.67. The number of phenols is 3. The largest absolute Gasteiger partial charge is 0.507 e. The predicted molar refractivity (Wildman–Crippen MR) is 117 cm³/mol. The molecule has 31 heavy (non-hydrogen) atoms. The lowest BCUT2D eigenvalue weighted by Crippen LogP contribution is -2.31. The summed E-state index contributed by atoms with van der Waals surface area (Å²) < 4.78 is 12.0. The summed E-state index contributed by atoms with van der Waals surface area (Å²) in [4.78, 5) is 13.5. The molecule has 0 amide bonds. The van der Waals surface area contributed by atoms with Crippen LogP contribution in [0.2, 0.25) is 0 Å². The van der Waals surface area contributed by atoms with E-state index in [0.717, 1.165) is 5.57 Å². The molecule has 2 heterocycles. The number of phenolic OH excluding ortho intramolecular Hbond substituents is 3. The minimum Gasteiger partial charge on any atom is -0.507 e. The van der Waals surface area contributed by atoms with Crippen LogP contribution >= 0.6 is 0 Å². The van der Waals surface area contributed by atoms with E-state index in [9.17, 15) is 20.1 Å². The molecule has 2 aromatic carbocycles. The molecule has 2 aliphatic rings. The van der Waals surface area contributed by atoms with Gasteiger partial charge in [-0.3, -0.25) is 4.79 Å². The van der Waals surface area contributed by atoms with Crippen molar-refractivity contribution in [3.8, 4) is 28.7 Å². The van der Waals surface area contributed by atoms with Crippen LogP contribution in [0.15, 0.2) is 35.9 Å². The van der Waals surface area contributed by atoms with Gasteiger partial charge in [0.15, 0.2) is 5.78 Å². The highest BCUT2D eigenvalue weighted by atomic mass is 16.5. The molecule has 0 unspecified atom stereocenters. The van der Waals surface area contributed by atoms with Crippen molar-refractivity contribution >= 4 is 11.9 Å². The maximum atomic E-state index is 13.5. The molecule has 0 aromatic heterocycles. The summed E-state index contributed by atoms with van der Waals surface area (Å²) in [6.07, 6.45) is 5.93. The van der Waals surface area contributed by atoms with Crippen LogP contribution in [0, 0.1) is 0 Å². The zero-order valence-corrected chi connectivity index (χ0v) is 18.0. The number of hydrogen-bond acceptors (Lipinski definition) is 6. The number of fused-ring (bicyclic) bond motifs is 2. The zero-order valence-electron chi connectivity index (χ0n) is 18.0. The Morgan fingerprint density at radius 2 is 1.87 bits per heavy atom. The smallest absolute Gasteiger partial charge is 0.181 e. The number of ketones is 1. The van der Waals surface area contributed by atoms with E-state index in [1.807, 2.05) is 39.8 Å². The summed E-state index contributed by atoms with van der Waals surface area (Å²) in [6.45, 7) is 7.69. The van der Waals surface area contributed by atoms with Crippen molar-refractivity contribution in [1.82, 2.24) is 0 Å². The van der Waals surface area contributed by atoms with Crippen molar-refractivity contribution in [3.63, 3.8) is 0 Å². The van der Waals surface area contributed by atoms with Gasteiger partial charge in [-0.15, -0.1) is 0 Å². The highest BCUT2D eigenvalue weighted by molar-refractivity contribution is 6.07. The predicted octanol–water partition coefficient (Wildman–Crippen LogP) is 4.86. The highest BCUT2D eigenvalue weighted by Crippen LogP contribution is 2.48. The van der Waals surface area contributed by atoms with Crippen LogP contribution in [-0.4, -0.2) is 33.3 Å². The van der Waals surface area contributed by atoms with Crippen molar-refractivity contribution in [3.05, 3.63) is 58.2 Å². The van der Waals surface area contributed by atoms with Crippen LogP contribution in [0.25, 0.3) is 6.08 Å². The Hall–Kier alpha value is -3.41. The first-order valence-corrected chi connectivity index (χ1v) is 10.2. The summed E-state index contributed by atoms with van der Waals surface area (Å²) in [6, 6.07) is 4.37. The Morgan fingerprint density at radius 3 is 2.58 bits per heavy atom. The lowest BCUT2D eigenvalue weighted by molar-refractivity contribution is 0.0881. The number of carbonyl (C=O) groups is 1. The fourth-order valence-corrected chi connectivity index (χ4v) is 3.96. The Bertz CT molecular complexity index is 1140. The normalized spacial score (nSPS) is 18.5. The second kappa shape index (κ2) is 7.38. The van der Waals surface area contributed by atoms with Gasteiger partial charge in [0.1, 0.15) is 46.5 Å². The molecule has 0 saturated carbocycles. The van der Waals surface area contributed by atoms with Crippen LogP contribution in [-0.2, 0) is 6.42 Å². The number of carbonyl (C=O) groups excluding carboxylic acids is 1. The first-order chi connectivity index (χ1) is 14.6. The Balaban J connectivity index is 1.81. The van der Waals surface area contributed by atoms with Gasteiger partial charge < -0.3 is 24.8 Å². The summed E-state index contributed by atoms with van der Waals surface area (Å²) in [5.74, 6) is -0.774. The Labute approximate surface area is 181 Å². The number of Topliss-reactive ketones (excluding diaryl/α,β-unsaturated/α-hetero) is 1. The van der Waals surface area contributed by atoms with E-state index in [2.05, 4.69) is 0 Å². The Kier molecular flexibility index (Phi) is 4.96. The van der Waals surface area contributed by atoms with E-state index in [1.165, 1.54) is 12.1 Å². The lowest BCUT2D eigenvalue weighted by Gasteiger charge is -2.33. The maximum absolute atomic E-state index is 13.5. The van der Waals surface area contributed by atoms with Crippen LogP contribution in [0.5, 0.6) is 28.7 Å². The number of ether oxygens (including phenoxy) is 2. The SMILES string of the molecule is CC(C)=CCc1c(O)cc(O)c2c1OC[C@H](c1ccc(O)c3c1OC(C)(C)C=C3)C2=O. The number of benzene rings is 2. The fourth-order valence-electron chi connectivity index (χ4n) is 3.96. The molecule has 6 nitrogen and oxygen atoms in total. The van der Waals surface area contributed by atoms with Crippen molar-refractivity contribution < 1.29 is 29.6 Å². The van der Waals surface area contributed by atoms with Gasteiger partial charge in [0.2, 0.25) is 0 Å². The minimum absolute atomic E-state index is 0.0290. The first kappa shape index (κ1) is 20.8. The molecule has 0 aliphatic carbocycles. The van der Waals surface area contributed by atoms with E-state index >= 15 is 0 Å². The van der Waals surface area contributed by atoms with Gasteiger partial charge >= 0.3 is 0 Å². The van der Waals surface area contributed by atoms with Crippen LogP contribution in [0.3, 0.4) is 0 Å². The van der Waals surface area contributed by atoms with Gasteiger partial charge in [-0.2, -0.15) is 0 Å². The van der Waals surface area contributed by atoms with Crippen molar-refractivity contribution in [2.24, 2.45) is 0 Å². The summed E-state index contributed by atoms with van der Waals surface area (Å²) in [5.41, 5.74) is 2.07. The molecule has 0 bridgehead atoms. The van der Waals surface area contributed by atoms with Crippen molar-refractivity contribution in [2.75, 3.05) is 6.61 Å². The standard InChI is InChI=1S/C25H26O6/c1-13(2)5-6-15-19(27)11-20(28)21-22(29)17(12-30-24(15)21)14-7-8-18(26)16-9-10-25(3,4)31-23(14)16/h5,7-11,17,26-28H,6,12H2,1-4H3/t17-/m1/s1. The summed E-state index contributed by atoms with van der Waals surface area (Å²) >= 11 is 0. The van der Waals surface area contributed by atoms with Crippen LogP contribution in [0.1, 0.15) is 60.7 Å². The average molecular weight is 422 g/mol. The molecule has 0 saturated heterocycles. The molecule has 0 spiro atoms. The molecule has 2 aromatic rings. The molecule has 1 atom stereocenters. The van der Waals surface area contributed by atoms with Crippen LogP contribution in [0.4, 0.5) is 0 Å². The first-order valence-electron chi connectivity index (χ1n) is 10.2. The summed E-state index contributed by atoms with van der Waals surface area (Å²) in [5, 5.41) is 31.1. The number of aromatic hydroxyl groups is 3. The van der Waals surface area contributed by atoms with Crippen molar-refractivity contribution in [2.45, 2.75) is 45.6 Å². The van der Waals surface area contributed by atoms with E-state index in [1.54, 1.807) is 12.1 Å². The summed E-state index contributed by atoms with van der Waals surface area (Å²) in [7, 11) is 0. The maximum Gasteiger partial charge on any atom is 0.181 e. The zero-order chi connectivity index (χ0) is 22.5. The second-order valence-electron chi connectivity index (χ2n) is 8.77. The molecule has 0 fully saturated rings. The quantitative estimate of drug-likeness (QED) is 0.612. The second-order valence-corrected chi connectivity index (χ2v) is 8.77. The molecule has 162 valence electrons. The third-order valence-corrected chi connectivity index (χ3v) is 5.61. The Morgan fingerprint density at radius 1 is 1.13 bits per heavy atom. The number of hydrogen-bond donors (Lipinski definition) is 3. The molecular formula is C25H26O6. The third-order valence-electron chi connectivity index (χ3n) is 5.61. The van der Waals surface area contributed by atoms with E-state index in [4.69, 9.17) is 9.47 Å². The topological polar surface area (TPSA) is 96.2 Å². The third kappa shape index (κ3) is 3.63. The molecule has 3 N–H and O–H groups in total. The molecular weight excluding hydrogens is 396 g/mol. The fraction of sp³-hybridized carbons (Fsp3) is 0.320. The number of allylic oxidation sites excluding steroid dienone is 2. The molecule has 2 aliphatic heterocycles. The van der Waals surface area contributed by atoms with Gasteiger partial charge in [-0.05, 0) is 52.3 Å². The monoisotopic (exact) mass is 422 g/mol. The molecule has 4 rings (SSSR count). The highest BCUT2D eigenvalue weighted by Gasteiger charge is 2.38. The van der Waals surface area contributed by atoms with Gasteiger partial charge in [0.25, 0.3) is 0 Å². The van der Waals surface area contributed by atoms with E-state index in [0.29, 0.717) is 28.9 Å². The lowest BCUT2D eigenvalue weighted by atomic mass is 9.84. The van der Waals surface area contributed by atoms with Gasteiger partial charge in [0, 0.05) is 17.2 Å². The number of rotatable bonds is 3. The van der Waals surface area contributed by atoms with Gasteiger partial charge in [-0.25, -0.2) is 0 Å². The minimum atomic E-state index is -0.726. The van der Waals surface area contributed by atoms with Gasteiger partial charge in [0.05, 0.1) is 11.5 Å². The van der Waals surface area contributed by atoms with E-state index < -0.39 is 11.5 Å². The molecule has 6 heteroatoms. The van der Waals surface area contributed by atoms with Crippen LogP contribution < -0.4 is 9.47 Å².